The summed E-state index contributed by atoms with van der Waals surface area (Å²) in [6.07, 6.45) is 1.36. The van der Waals surface area contributed by atoms with Gasteiger partial charge in [-0.1, -0.05) is 45.0 Å². The summed E-state index contributed by atoms with van der Waals surface area (Å²) in [5.41, 5.74) is 2.46. The van der Waals surface area contributed by atoms with Gasteiger partial charge in [0, 0.05) is 13.1 Å². The lowest BCUT2D eigenvalue weighted by Crippen LogP contribution is -2.26. The zero-order chi connectivity index (χ0) is 14.8. The number of rotatable bonds is 4. The van der Waals surface area contributed by atoms with Gasteiger partial charge < -0.3 is 5.11 Å². The smallest absolute Gasteiger partial charge is 0.307 e. The summed E-state index contributed by atoms with van der Waals surface area (Å²) in [5.74, 6) is -0.0272. The fourth-order valence-corrected chi connectivity index (χ4v) is 2.97. The zero-order valence-electron chi connectivity index (χ0n) is 12.7. The van der Waals surface area contributed by atoms with Crippen molar-refractivity contribution in [1.29, 1.82) is 0 Å². The average Bonchev–Trinajstić information content (AvgIpc) is 2.79. The molecule has 0 saturated carbocycles. The molecule has 0 amide bonds. The van der Waals surface area contributed by atoms with Crippen LogP contribution >= 0.6 is 0 Å². The molecule has 3 nitrogen and oxygen atoms in total. The van der Waals surface area contributed by atoms with Gasteiger partial charge in [0.1, 0.15) is 0 Å². The van der Waals surface area contributed by atoms with Crippen LogP contribution in [0.25, 0.3) is 0 Å². The van der Waals surface area contributed by atoms with Crippen LogP contribution in [0, 0.1) is 11.3 Å². The molecule has 1 aliphatic heterocycles. The molecule has 1 heterocycles. The van der Waals surface area contributed by atoms with E-state index in [-0.39, 0.29) is 6.42 Å². The predicted molar refractivity (Wildman–Crippen MR) is 80.6 cm³/mol. The molecular weight excluding hydrogens is 250 g/mol. The number of benzene rings is 1. The molecule has 1 aromatic rings. The Bertz CT molecular complexity index is 476. The van der Waals surface area contributed by atoms with Gasteiger partial charge in [0.05, 0.1) is 6.42 Å². The van der Waals surface area contributed by atoms with Gasteiger partial charge in [-0.2, -0.15) is 0 Å². The van der Waals surface area contributed by atoms with Gasteiger partial charge in [-0.25, -0.2) is 0 Å². The van der Waals surface area contributed by atoms with E-state index in [9.17, 15) is 4.79 Å². The maximum absolute atomic E-state index is 10.9. The maximum Gasteiger partial charge on any atom is 0.307 e. The van der Waals surface area contributed by atoms with Crippen LogP contribution in [-0.2, 0) is 17.8 Å². The Labute approximate surface area is 121 Å². The van der Waals surface area contributed by atoms with Crippen LogP contribution < -0.4 is 0 Å². The van der Waals surface area contributed by atoms with E-state index in [1.165, 1.54) is 6.42 Å². The highest BCUT2D eigenvalue weighted by Crippen LogP contribution is 2.34. The van der Waals surface area contributed by atoms with E-state index in [0.717, 1.165) is 36.7 Å². The topological polar surface area (TPSA) is 40.5 Å². The van der Waals surface area contributed by atoms with Crippen LogP contribution in [0.1, 0.15) is 38.3 Å². The van der Waals surface area contributed by atoms with Crippen molar-refractivity contribution in [2.75, 3.05) is 13.1 Å². The molecular formula is C17H25NO2. The lowest BCUT2D eigenvalue weighted by atomic mass is 9.80. The SMILES string of the molecule is CC(C)(C)C1CCN(Cc2ccccc2CC(=O)O)C1. The Morgan fingerprint density at radius 1 is 1.30 bits per heavy atom. The molecule has 110 valence electrons. The minimum Gasteiger partial charge on any atom is -0.481 e. The molecule has 0 aromatic heterocycles. The second-order valence-electron chi connectivity index (χ2n) is 6.93. The summed E-state index contributed by atoms with van der Waals surface area (Å²) in [6.45, 7) is 10.0. The molecule has 3 heteroatoms. The van der Waals surface area contributed by atoms with Crippen molar-refractivity contribution in [3.63, 3.8) is 0 Å². The highest BCUT2D eigenvalue weighted by atomic mass is 16.4. The Hall–Kier alpha value is -1.35. The number of carboxylic acid groups (broad SMARTS) is 1. The van der Waals surface area contributed by atoms with Crippen molar-refractivity contribution in [2.24, 2.45) is 11.3 Å². The monoisotopic (exact) mass is 275 g/mol. The van der Waals surface area contributed by atoms with E-state index in [4.69, 9.17) is 5.11 Å². The first-order valence-electron chi connectivity index (χ1n) is 7.37. The molecule has 0 spiro atoms. The second kappa shape index (κ2) is 5.96. The van der Waals surface area contributed by atoms with Gasteiger partial charge in [0.25, 0.3) is 0 Å². The molecule has 0 radical (unpaired) electrons. The van der Waals surface area contributed by atoms with E-state index in [0.29, 0.717) is 5.41 Å². The average molecular weight is 275 g/mol. The third kappa shape index (κ3) is 3.83. The van der Waals surface area contributed by atoms with Gasteiger partial charge in [0.15, 0.2) is 0 Å². The van der Waals surface area contributed by atoms with E-state index in [2.05, 4.69) is 31.7 Å². The number of nitrogens with zero attached hydrogens (tertiary/aromatic N) is 1. The third-order valence-corrected chi connectivity index (χ3v) is 4.35. The highest BCUT2D eigenvalue weighted by molar-refractivity contribution is 5.70. The molecule has 1 aromatic carbocycles. The zero-order valence-corrected chi connectivity index (χ0v) is 12.7. The minimum absolute atomic E-state index is 0.118. The first-order chi connectivity index (χ1) is 9.36. The van der Waals surface area contributed by atoms with Crippen LogP contribution in [0.5, 0.6) is 0 Å². The standard InChI is InChI=1S/C17H25NO2/c1-17(2,3)15-8-9-18(12-15)11-14-7-5-4-6-13(14)10-16(19)20/h4-7,15H,8-12H2,1-3H3,(H,19,20). The van der Waals surface area contributed by atoms with Crippen LogP contribution in [0.15, 0.2) is 24.3 Å². The molecule has 1 N–H and O–H groups in total. The lowest BCUT2D eigenvalue weighted by Gasteiger charge is -2.27. The summed E-state index contributed by atoms with van der Waals surface area (Å²) >= 11 is 0. The van der Waals surface area contributed by atoms with Crippen molar-refractivity contribution >= 4 is 5.97 Å². The molecule has 2 rings (SSSR count). The summed E-state index contributed by atoms with van der Waals surface area (Å²) in [7, 11) is 0. The minimum atomic E-state index is -0.758. The van der Waals surface area contributed by atoms with Gasteiger partial charge >= 0.3 is 5.97 Å². The van der Waals surface area contributed by atoms with E-state index >= 15 is 0 Å². The Morgan fingerprint density at radius 3 is 2.50 bits per heavy atom. The highest BCUT2D eigenvalue weighted by Gasteiger charge is 2.31. The summed E-state index contributed by atoms with van der Waals surface area (Å²) in [4.78, 5) is 13.4. The van der Waals surface area contributed by atoms with Crippen molar-refractivity contribution in [3.05, 3.63) is 35.4 Å². The van der Waals surface area contributed by atoms with Crippen molar-refractivity contribution in [1.82, 2.24) is 4.90 Å². The van der Waals surface area contributed by atoms with Gasteiger partial charge in [-0.3, -0.25) is 9.69 Å². The lowest BCUT2D eigenvalue weighted by molar-refractivity contribution is -0.136. The first kappa shape index (κ1) is 15.0. The fourth-order valence-electron chi connectivity index (χ4n) is 2.97. The molecule has 20 heavy (non-hydrogen) atoms. The molecule has 0 aliphatic carbocycles. The molecule has 1 saturated heterocycles. The second-order valence-corrected chi connectivity index (χ2v) is 6.93. The number of carboxylic acids is 1. The molecule has 1 unspecified atom stereocenters. The number of likely N-dealkylation sites (tertiary alicyclic amines) is 1. The van der Waals surface area contributed by atoms with E-state index < -0.39 is 5.97 Å². The Morgan fingerprint density at radius 2 is 1.95 bits per heavy atom. The quantitative estimate of drug-likeness (QED) is 0.917. The molecule has 0 bridgehead atoms. The Balaban J connectivity index is 2.03. The third-order valence-electron chi connectivity index (χ3n) is 4.35. The normalized spacial score (nSPS) is 20.2. The fraction of sp³-hybridized carbons (Fsp3) is 0.588. The molecule has 1 aliphatic rings. The van der Waals surface area contributed by atoms with Crippen molar-refractivity contribution in [3.8, 4) is 0 Å². The summed E-state index contributed by atoms with van der Waals surface area (Å²) in [5, 5.41) is 8.99. The van der Waals surface area contributed by atoms with Crippen LogP contribution in [0.2, 0.25) is 0 Å². The maximum atomic E-state index is 10.9. The molecule has 1 atom stereocenters. The van der Waals surface area contributed by atoms with Gasteiger partial charge in [-0.05, 0) is 35.4 Å². The summed E-state index contributed by atoms with van der Waals surface area (Å²) in [6, 6.07) is 7.91. The van der Waals surface area contributed by atoms with Gasteiger partial charge in [0.2, 0.25) is 0 Å². The number of aliphatic carboxylic acids is 1. The van der Waals surface area contributed by atoms with Gasteiger partial charge in [-0.15, -0.1) is 0 Å². The summed E-state index contributed by atoms with van der Waals surface area (Å²) < 4.78 is 0. The molecule has 1 fully saturated rings. The number of hydrogen-bond acceptors (Lipinski definition) is 2. The van der Waals surface area contributed by atoms with Crippen molar-refractivity contribution in [2.45, 2.75) is 40.2 Å². The number of hydrogen-bond donors (Lipinski definition) is 1. The Kier molecular flexibility index (Phi) is 4.48. The van der Waals surface area contributed by atoms with E-state index in [1.807, 2.05) is 18.2 Å². The van der Waals surface area contributed by atoms with Crippen LogP contribution in [0.3, 0.4) is 0 Å². The van der Waals surface area contributed by atoms with Crippen LogP contribution in [-0.4, -0.2) is 29.1 Å². The van der Waals surface area contributed by atoms with E-state index in [1.54, 1.807) is 0 Å². The van der Waals surface area contributed by atoms with Crippen molar-refractivity contribution < 1.29 is 9.90 Å². The first-order valence-corrected chi connectivity index (χ1v) is 7.37. The van der Waals surface area contributed by atoms with Crippen LogP contribution in [0.4, 0.5) is 0 Å². The predicted octanol–water partition coefficient (Wildman–Crippen LogP) is 3.18. The largest absolute Gasteiger partial charge is 0.481 e. The number of carbonyl (C=O) groups is 1.